The Morgan fingerprint density at radius 2 is 1.44 bits per heavy atom. The van der Waals surface area contributed by atoms with E-state index in [1.54, 1.807) is 0 Å². The summed E-state index contributed by atoms with van der Waals surface area (Å²) in [6, 6.07) is 19.0. The lowest BCUT2D eigenvalue weighted by Gasteiger charge is -2.38. The third-order valence-electron chi connectivity index (χ3n) is 5.68. The largest absolute Gasteiger partial charge is 0.336 e. The van der Waals surface area contributed by atoms with E-state index in [4.69, 9.17) is 0 Å². The lowest BCUT2D eigenvalue weighted by atomic mass is 9.98. The van der Waals surface area contributed by atoms with Gasteiger partial charge in [-0.1, -0.05) is 61.4 Å². The van der Waals surface area contributed by atoms with Crippen molar-refractivity contribution in [1.29, 1.82) is 0 Å². The average Bonchev–Trinajstić information content (AvgIpc) is 3.23. The van der Waals surface area contributed by atoms with Crippen molar-refractivity contribution in [3.8, 4) is 11.1 Å². The van der Waals surface area contributed by atoms with Crippen LogP contribution in [-0.4, -0.2) is 47.9 Å². The van der Waals surface area contributed by atoms with Gasteiger partial charge in [0.25, 0.3) is 5.91 Å². The predicted molar refractivity (Wildman–Crippen MR) is 102 cm³/mol. The second kappa shape index (κ2) is 7.40. The molecule has 1 heterocycles. The molecule has 2 fully saturated rings. The molecule has 0 bridgehead atoms. The minimum Gasteiger partial charge on any atom is -0.336 e. The molecule has 130 valence electrons. The highest BCUT2D eigenvalue weighted by molar-refractivity contribution is 6.00. The zero-order valence-electron chi connectivity index (χ0n) is 14.7. The van der Waals surface area contributed by atoms with Gasteiger partial charge in [-0.05, 0) is 30.0 Å². The van der Waals surface area contributed by atoms with Gasteiger partial charge in [-0.15, -0.1) is 0 Å². The summed E-state index contributed by atoms with van der Waals surface area (Å²) in [6.45, 7) is 3.73. The molecule has 0 N–H and O–H groups in total. The van der Waals surface area contributed by atoms with Crippen LogP contribution in [-0.2, 0) is 0 Å². The van der Waals surface area contributed by atoms with Crippen molar-refractivity contribution >= 4 is 5.91 Å². The highest BCUT2D eigenvalue weighted by Gasteiger charge is 2.28. The maximum Gasteiger partial charge on any atom is 0.254 e. The van der Waals surface area contributed by atoms with Crippen LogP contribution in [0.4, 0.5) is 0 Å². The zero-order chi connectivity index (χ0) is 17.1. The third-order valence-corrected chi connectivity index (χ3v) is 5.68. The Bertz CT molecular complexity index is 714. The van der Waals surface area contributed by atoms with Crippen molar-refractivity contribution < 1.29 is 4.79 Å². The molecule has 0 radical (unpaired) electrons. The average molecular weight is 334 g/mol. The van der Waals surface area contributed by atoms with Gasteiger partial charge in [0.15, 0.2) is 0 Å². The molecule has 0 unspecified atom stereocenters. The van der Waals surface area contributed by atoms with E-state index in [-0.39, 0.29) is 5.91 Å². The summed E-state index contributed by atoms with van der Waals surface area (Å²) in [5.41, 5.74) is 2.96. The molecule has 0 spiro atoms. The molecule has 1 amide bonds. The van der Waals surface area contributed by atoms with Crippen LogP contribution in [0.15, 0.2) is 54.6 Å². The number of hydrogen-bond acceptors (Lipinski definition) is 2. The van der Waals surface area contributed by atoms with Gasteiger partial charge in [0.05, 0.1) is 0 Å². The minimum absolute atomic E-state index is 0.172. The molecule has 1 saturated carbocycles. The fraction of sp³-hybridized carbons (Fsp3) is 0.409. The van der Waals surface area contributed by atoms with Crippen LogP contribution in [0.3, 0.4) is 0 Å². The van der Waals surface area contributed by atoms with E-state index >= 15 is 0 Å². The summed E-state index contributed by atoms with van der Waals surface area (Å²) in [5, 5.41) is 0. The Kier molecular flexibility index (Phi) is 4.84. The van der Waals surface area contributed by atoms with Gasteiger partial charge in [0, 0.05) is 37.8 Å². The molecular formula is C22H26N2O. The fourth-order valence-corrected chi connectivity index (χ4v) is 4.27. The number of hydrogen-bond donors (Lipinski definition) is 0. The number of carbonyl (C=O) groups is 1. The molecule has 3 nitrogen and oxygen atoms in total. The summed E-state index contributed by atoms with van der Waals surface area (Å²) in [7, 11) is 0. The van der Waals surface area contributed by atoms with Gasteiger partial charge < -0.3 is 4.90 Å². The number of carbonyl (C=O) groups excluding carboxylic acids is 1. The van der Waals surface area contributed by atoms with Gasteiger partial charge in [-0.2, -0.15) is 0 Å². The highest BCUT2D eigenvalue weighted by Crippen LogP contribution is 2.27. The van der Waals surface area contributed by atoms with Crippen LogP contribution < -0.4 is 0 Å². The molecular weight excluding hydrogens is 308 g/mol. The molecule has 1 aliphatic heterocycles. The second-order valence-electron chi connectivity index (χ2n) is 7.18. The van der Waals surface area contributed by atoms with E-state index < -0.39 is 0 Å². The molecule has 2 aromatic carbocycles. The first-order valence-electron chi connectivity index (χ1n) is 9.51. The van der Waals surface area contributed by atoms with E-state index in [1.165, 1.54) is 25.7 Å². The van der Waals surface area contributed by atoms with Crippen molar-refractivity contribution in [3.05, 3.63) is 60.2 Å². The molecule has 1 saturated heterocycles. The Morgan fingerprint density at radius 3 is 2.16 bits per heavy atom. The number of nitrogens with zero attached hydrogens (tertiary/aromatic N) is 2. The summed E-state index contributed by atoms with van der Waals surface area (Å²) >= 11 is 0. The first-order chi connectivity index (χ1) is 12.3. The van der Waals surface area contributed by atoms with E-state index in [9.17, 15) is 4.79 Å². The first-order valence-corrected chi connectivity index (χ1v) is 9.51. The van der Waals surface area contributed by atoms with Gasteiger partial charge in [0.1, 0.15) is 0 Å². The van der Waals surface area contributed by atoms with Crippen LogP contribution in [0.1, 0.15) is 36.0 Å². The minimum atomic E-state index is 0.172. The summed E-state index contributed by atoms with van der Waals surface area (Å²) in [4.78, 5) is 17.8. The van der Waals surface area contributed by atoms with Crippen molar-refractivity contribution in [2.24, 2.45) is 0 Å². The standard InChI is InChI=1S/C22H26N2O/c25-22(24-16-14-23(15-17-24)19-10-4-5-11-19)21-13-7-6-12-20(21)18-8-2-1-3-9-18/h1-3,6-9,12-13,19H,4-5,10-11,14-17H2. The first kappa shape index (κ1) is 16.3. The molecule has 1 aliphatic carbocycles. The van der Waals surface area contributed by atoms with E-state index in [1.807, 2.05) is 41.3 Å². The summed E-state index contributed by atoms with van der Waals surface area (Å²) in [5.74, 6) is 0.172. The Labute approximate surface area is 150 Å². The number of benzene rings is 2. The number of rotatable bonds is 3. The van der Waals surface area contributed by atoms with E-state index in [2.05, 4.69) is 23.1 Å². The monoisotopic (exact) mass is 334 g/mol. The normalized spacial score (nSPS) is 19.3. The molecule has 2 aliphatic rings. The smallest absolute Gasteiger partial charge is 0.254 e. The Hall–Kier alpha value is -2.13. The molecule has 25 heavy (non-hydrogen) atoms. The maximum absolute atomic E-state index is 13.1. The molecule has 0 aromatic heterocycles. The SMILES string of the molecule is O=C(c1ccccc1-c1ccccc1)N1CCN(C2CCCC2)CC1. The van der Waals surface area contributed by atoms with Gasteiger partial charge in [0.2, 0.25) is 0 Å². The third kappa shape index (κ3) is 3.47. The zero-order valence-corrected chi connectivity index (χ0v) is 14.7. The van der Waals surface area contributed by atoms with Crippen LogP contribution in [0.25, 0.3) is 11.1 Å². The van der Waals surface area contributed by atoms with E-state index in [0.29, 0.717) is 0 Å². The second-order valence-corrected chi connectivity index (χ2v) is 7.18. The maximum atomic E-state index is 13.1. The number of amides is 1. The topological polar surface area (TPSA) is 23.6 Å². The van der Waals surface area contributed by atoms with Crippen LogP contribution >= 0.6 is 0 Å². The quantitative estimate of drug-likeness (QED) is 0.845. The molecule has 3 heteroatoms. The summed E-state index contributed by atoms with van der Waals surface area (Å²) in [6.07, 6.45) is 5.41. The number of piperazine rings is 1. The van der Waals surface area contributed by atoms with Gasteiger partial charge in [-0.25, -0.2) is 0 Å². The molecule has 0 atom stereocenters. The van der Waals surface area contributed by atoms with Gasteiger partial charge in [-0.3, -0.25) is 9.69 Å². The van der Waals surface area contributed by atoms with Crippen molar-refractivity contribution in [1.82, 2.24) is 9.80 Å². The summed E-state index contributed by atoms with van der Waals surface area (Å²) < 4.78 is 0. The molecule has 4 rings (SSSR count). The lowest BCUT2D eigenvalue weighted by molar-refractivity contribution is 0.0574. The highest BCUT2D eigenvalue weighted by atomic mass is 16.2. The Balaban J connectivity index is 1.49. The predicted octanol–water partition coefficient (Wildman–Crippen LogP) is 4.05. The van der Waals surface area contributed by atoms with Crippen LogP contribution in [0, 0.1) is 0 Å². The van der Waals surface area contributed by atoms with E-state index in [0.717, 1.165) is 48.9 Å². The van der Waals surface area contributed by atoms with Crippen LogP contribution in [0.2, 0.25) is 0 Å². The molecule has 2 aromatic rings. The Morgan fingerprint density at radius 1 is 0.800 bits per heavy atom. The lowest BCUT2D eigenvalue weighted by Crippen LogP contribution is -2.51. The van der Waals surface area contributed by atoms with Crippen molar-refractivity contribution in [2.75, 3.05) is 26.2 Å². The van der Waals surface area contributed by atoms with Crippen molar-refractivity contribution in [3.63, 3.8) is 0 Å². The van der Waals surface area contributed by atoms with Crippen molar-refractivity contribution in [2.45, 2.75) is 31.7 Å². The van der Waals surface area contributed by atoms with Crippen LogP contribution in [0.5, 0.6) is 0 Å². The van der Waals surface area contributed by atoms with Gasteiger partial charge >= 0.3 is 0 Å². The fourth-order valence-electron chi connectivity index (χ4n) is 4.27.